The summed E-state index contributed by atoms with van der Waals surface area (Å²) in [6.45, 7) is 7.81. The van der Waals surface area contributed by atoms with Gasteiger partial charge in [-0.25, -0.2) is 0 Å². The second kappa shape index (κ2) is 6.97. The highest BCUT2D eigenvalue weighted by atomic mass is 16.5. The molecule has 0 aromatic carbocycles. The standard InChI is InChI=1S/C18H27N3O3/c1-13-11-16(14(2)19(13)3)18(23)21-6-4-5-15(12-21)17(22)20-7-9-24-10-8-20/h11,15H,4-10,12H2,1-3H3. The second-order valence-electron chi connectivity index (χ2n) is 6.87. The minimum Gasteiger partial charge on any atom is -0.378 e. The Morgan fingerprint density at radius 2 is 1.83 bits per heavy atom. The van der Waals surface area contributed by atoms with Gasteiger partial charge < -0.3 is 19.1 Å². The van der Waals surface area contributed by atoms with E-state index in [9.17, 15) is 9.59 Å². The lowest BCUT2D eigenvalue weighted by molar-refractivity contribution is -0.141. The van der Waals surface area contributed by atoms with Crippen molar-refractivity contribution in [1.29, 1.82) is 0 Å². The lowest BCUT2D eigenvalue weighted by Crippen LogP contribution is -2.49. The number of carbonyl (C=O) groups excluding carboxylic acids is 2. The molecular weight excluding hydrogens is 306 g/mol. The molecule has 1 unspecified atom stereocenters. The Morgan fingerprint density at radius 1 is 1.12 bits per heavy atom. The van der Waals surface area contributed by atoms with E-state index in [2.05, 4.69) is 0 Å². The smallest absolute Gasteiger partial charge is 0.255 e. The molecule has 1 atom stereocenters. The molecule has 0 radical (unpaired) electrons. The van der Waals surface area contributed by atoms with E-state index in [0.717, 1.165) is 36.3 Å². The Kier molecular flexibility index (Phi) is 4.94. The lowest BCUT2D eigenvalue weighted by atomic mass is 9.95. The molecule has 0 spiro atoms. The number of likely N-dealkylation sites (tertiary alicyclic amines) is 1. The van der Waals surface area contributed by atoms with Crippen LogP contribution in [0, 0.1) is 19.8 Å². The van der Waals surface area contributed by atoms with Crippen LogP contribution >= 0.6 is 0 Å². The van der Waals surface area contributed by atoms with Crippen molar-refractivity contribution >= 4 is 11.8 Å². The summed E-state index contributed by atoms with van der Waals surface area (Å²) in [6.07, 6.45) is 1.75. The van der Waals surface area contributed by atoms with Crippen molar-refractivity contribution in [3.63, 3.8) is 0 Å². The van der Waals surface area contributed by atoms with Crippen molar-refractivity contribution in [3.05, 3.63) is 23.0 Å². The predicted octanol–water partition coefficient (Wildman–Crippen LogP) is 1.35. The van der Waals surface area contributed by atoms with Crippen LogP contribution < -0.4 is 0 Å². The third-order valence-electron chi connectivity index (χ3n) is 5.39. The Hall–Kier alpha value is -1.82. The molecule has 2 amide bonds. The normalized spacial score (nSPS) is 21.9. The van der Waals surface area contributed by atoms with Gasteiger partial charge in [-0.2, -0.15) is 0 Å². The van der Waals surface area contributed by atoms with Gasteiger partial charge >= 0.3 is 0 Å². The zero-order chi connectivity index (χ0) is 17.3. The van der Waals surface area contributed by atoms with E-state index < -0.39 is 0 Å². The van der Waals surface area contributed by atoms with Gasteiger partial charge in [-0.05, 0) is 32.8 Å². The molecule has 2 aliphatic rings. The average Bonchev–Trinajstić information content (AvgIpc) is 2.88. The van der Waals surface area contributed by atoms with Crippen molar-refractivity contribution in [1.82, 2.24) is 14.4 Å². The predicted molar refractivity (Wildman–Crippen MR) is 90.9 cm³/mol. The molecule has 3 heterocycles. The van der Waals surface area contributed by atoms with E-state index in [0.29, 0.717) is 32.8 Å². The van der Waals surface area contributed by atoms with Crippen LogP contribution in [-0.2, 0) is 16.6 Å². The average molecular weight is 333 g/mol. The number of aromatic nitrogens is 1. The first kappa shape index (κ1) is 17.0. The molecule has 3 rings (SSSR count). The maximum atomic E-state index is 12.9. The van der Waals surface area contributed by atoms with Crippen LogP contribution in [0.4, 0.5) is 0 Å². The van der Waals surface area contributed by atoms with Crippen molar-refractivity contribution in [2.45, 2.75) is 26.7 Å². The summed E-state index contributed by atoms with van der Waals surface area (Å²) in [5, 5.41) is 0. The van der Waals surface area contributed by atoms with Crippen LogP contribution in [0.25, 0.3) is 0 Å². The van der Waals surface area contributed by atoms with Gasteiger partial charge in [-0.15, -0.1) is 0 Å². The monoisotopic (exact) mass is 333 g/mol. The number of aryl methyl sites for hydroxylation is 1. The molecular formula is C18H27N3O3. The fourth-order valence-corrected chi connectivity index (χ4v) is 3.65. The first-order chi connectivity index (χ1) is 11.5. The first-order valence-corrected chi connectivity index (χ1v) is 8.77. The van der Waals surface area contributed by atoms with Crippen molar-refractivity contribution in [3.8, 4) is 0 Å². The fraction of sp³-hybridized carbons (Fsp3) is 0.667. The highest BCUT2D eigenvalue weighted by Gasteiger charge is 2.32. The van der Waals surface area contributed by atoms with Crippen molar-refractivity contribution in [2.75, 3.05) is 39.4 Å². The number of amides is 2. The maximum absolute atomic E-state index is 12.9. The van der Waals surface area contributed by atoms with E-state index in [-0.39, 0.29) is 17.7 Å². The number of hydrogen-bond acceptors (Lipinski definition) is 3. The summed E-state index contributed by atoms with van der Waals surface area (Å²) in [5.74, 6) is 0.151. The van der Waals surface area contributed by atoms with Gasteiger partial charge in [0, 0.05) is 44.6 Å². The summed E-state index contributed by atoms with van der Waals surface area (Å²) < 4.78 is 7.36. The molecule has 6 nitrogen and oxygen atoms in total. The molecule has 2 aliphatic heterocycles. The zero-order valence-corrected chi connectivity index (χ0v) is 14.9. The van der Waals surface area contributed by atoms with Gasteiger partial charge in [0.25, 0.3) is 5.91 Å². The summed E-state index contributed by atoms with van der Waals surface area (Å²) in [4.78, 5) is 29.4. The quantitative estimate of drug-likeness (QED) is 0.821. The SMILES string of the molecule is Cc1cc(C(=O)N2CCCC(C(=O)N3CCOCC3)C2)c(C)n1C. The number of hydrogen-bond donors (Lipinski definition) is 0. The van der Waals surface area contributed by atoms with Gasteiger partial charge in [-0.1, -0.05) is 0 Å². The number of ether oxygens (including phenoxy) is 1. The molecule has 132 valence electrons. The highest BCUT2D eigenvalue weighted by molar-refractivity contribution is 5.96. The van der Waals surface area contributed by atoms with Crippen molar-refractivity contribution in [2.24, 2.45) is 13.0 Å². The maximum Gasteiger partial charge on any atom is 0.255 e. The molecule has 0 aliphatic carbocycles. The Balaban J connectivity index is 1.69. The number of piperidine rings is 1. The summed E-state index contributed by atoms with van der Waals surface area (Å²) in [6, 6.07) is 1.95. The Morgan fingerprint density at radius 3 is 2.46 bits per heavy atom. The van der Waals surface area contributed by atoms with E-state index in [1.807, 2.05) is 41.3 Å². The van der Waals surface area contributed by atoms with Gasteiger partial charge in [0.1, 0.15) is 0 Å². The van der Waals surface area contributed by atoms with Crippen LogP contribution in [0.1, 0.15) is 34.6 Å². The number of rotatable bonds is 2. The van der Waals surface area contributed by atoms with E-state index in [4.69, 9.17) is 4.74 Å². The largest absolute Gasteiger partial charge is 0.378 e. The molecule has 1 aromatic heterocycles. The third kappa shape index (κ3) is 3.20. The van der Waals surface area contributed by atoms with E-state index in [1.54, 1.807) is 0 Å². The van der Waals surface area contributed by atoms with Crippen molar-refractivity contribution < 1.29 is 14.3 Å². The summed E-state index contributed by atoms with van der Waals surface area (Å²) in [5.41, 5.74) is 2.82. The molecule has 2 saturated heterocycles. The molecule has 6 heteroatoms. The van der Waals surface area contributed by atoms with Crippen LogP contribution in [0.5, 0.6) is 0 Å². The number of nitrogens with zero attached hydrogens (tertiary/aromatic N) is 3. The molecule has 24 heavy (non-hydrogen) atoms. The van der Waals surface area contributed by atoms with Gasteiger partial charge in [0.05, 0.1) is 24.7 Å². The lowest BCUT2D eigenvalue weighted by Gasteiger charge is -2.36. The molecule has 0 saturated carbocycles. The number of carbonyl (C=O) groups is 2. The second-order valence-corrected chi connectivity index (χ2v) is 6.87. The van der Waals surface area contributed by atoms with Crippen LogP contribution in [0.3, 0.4) is 0 Å². The summed E-state index contributed by atoms with van der Waals surface area (Å²) >= 11 is 0. The van der Waals surface area contributed by atoms with Crippen LogP contribution in [0.15, 0.2) is 6.07 Å². The van der Waals surface area contributed by atoms with Crippen LogP contribution in [-0.4, -0.2) is 65.6 Å². The van der Waals surface area contributed by atoms with Gasteiger partial charge in [-0.3, -0.25) is 9.59 Å². The number of morpholine rings is 1. The summed E-state index contributed by atoms with van der Waals surface area (Å²) in [7, 11) is 1.97. The topological polar surface area (TPSA) is 54.8 Å². The van der Waals surface area contributed by atoms with E-state index >= 15 is 0 Å². The molecule has 1 aromatic rings. The highest BCUT2D eigenvalue weighted by Crippen LogP contribution is 2.23. The Bertz CT molecular complexity index is 632. The Labute approximate surface area is 143 Å². The minimum absolute atomic E-state index is 0.0516. The third-order valence-corrected chi connectivity index (χ3v) is 5.39. The zero-order valence-electron chi connectivity index (χ0n) is 14.9. The minimum atomic E-state index is -0.0779. The first-order valence-electron chi connectivity index (χ1n) is 8.77. The van der Waals surface area contributed by atoms with Gasteiger partial charge in [0.15, 0.2) is 0 Å². The fourth-order valence-electron chi connectivity index (χ4n) is 3.65. The molecule has 0 bridgehead atoms. The van der Waals surface area contributed by atoms with Gasteiger partial charge in [0.2, 0.25) is 5.91 Å². The van der Waals surface area contributed by atoms with E-state index in [1.165, 1.54) is 0 Å². The molecule has 2 fully saturated rings. The van der Waals surface area contributed by atoms with Crippen LogP contribution in [0.2, 0.25) is 0 Å². The molecule has 0 N–H and O–H groups in total.